The van der Waals surface area contributed by atoms with E-state index in [9.17, 15) is 9.59 Å². The molecule has 0 radical (unpaired) electrons. The van der Waals surface area contributed by atoms with Gasteiger partial charge in [0.1, 0.15) is 23.3 Å². The maximum atomic E-state index is 13.9. The van der Waals surface area contributed by atoms with E-state index in [1.807, 2.05) is 30.3 Å². The van der Waals surface area contributed by atoms with Gasteiger partial charge in [-0.2, -0.15) is 0 Å². The highest BCUT2D eigenvalue weighted by atomic mass is 35.5. The quantitative estimate of drug-likeness (QED) is 0.258. The number of benzene rings is 3. The Morgan fingerprint density at radius 3 is 2.15 bits per heavy atom. The molecule has 0 saturated heterocycles. The van der Waals surface area contributed by atoms with Gasteiger partial charge in [0.2, 0.25) is 5.91 Å². The third-order valence-corrected chi connectivity index (χ3v) is 7.99. The van der Waals surface area contributed by atoms with Gasteiger partial charge in [-0.3, -0.25) is 9.59 Å². The summed E-state index contributed by atoms with van der Waals surface area (Å²) in [5, 5.41) is 4.02. The zero-order valence-electron chi connectivity index (χ0n) is 23.4. The van der Waals surface area contributed by atoms with E-state index in [-0.39, 0.29) is 31.0 Å². The van der Waals surface area contributed by atoms with Crippen molar-refractivity contribution in [1.29, 1.82) is 0 Å². The van der Waals surface area contributed by atoms with E-state index >= 15 is 0 Å². The van der Waals surface area contributed by atoms with Gasteiger partial charge in [0.15, 0.2) is 6.61 Å². The van der Waals surface area contributed by atoms with Gasteiger partial charge in [0.05, 0.1) is 24.3 Å². The Kier molecular flexibility index (Phi) is 11.2. The summed E-state index contributed by atoms with van der Waals surface area (Å²) >= 11 is 12.5. The van der Waals surface area contributed by atoms with Crippen LogP contribution in [0.2, 0.25) is 10.0 Å². The maximum Gasteiger partial charge on any atom is 0.261 e. The van der Waals surface area contributed by atoms with Crippen molar-refractivity contribution < 1.29 is 23.8 Å². The molecule has 1 fully saturated rings. The standard InChI is InChI=1S/C32H36Cl2N2O5/c1-39-25-17-26(40-2)19-27(18-25)41-21-31(37)36(20-23-13-14-28(33)29(34)15-23)30(16-22-9-5-3-6-10-22)32(38)35-24-11-7-4-8-12-24/h3,5-6,9-10,13-15,17-19,24,30H,4,7-8,11-12,16,20-21H2,1-2H3,(H,35,38)/t30-/m1/s1. The third kappa shape index (κ3) is 8.78. The predicted molar refractivity (Wildman–Crippen MR) is 161 cm³/mol. The van der Waals surface area contributed by atoms with Crippen molar-refractivity contribution >= 4 is 35.0 Å². The van der Waals surface area contributed by atoms with Crippen LogP contribution in [0.5, 0.6) is 17.2 Å². The van der Waals surface area contributed by atoms with E-state index in [0.717, 1.165) is 36.8 Å². The summed E-state index contributed by atoms with van der Waals surface area (Å²) in [6.45, 7) is -0.143. The van der Waals surface area contributed by atoms with Crippen LogP contribution in [0, 0.1) is 0 Å². The minimum Gasteiger partial charge on any atom is -0.496 e. The Labute approximate surface area is 251 Å². The van der Waals surface area contributed by atoms with Crippen LogP contribution in [-0.2, 0) is 22.6 Å². The molecular weight excluding hydrogens is 563 g/mol. The van der Waals surface area contributed by atoms with Crippen LogP contribution in [0.3, 0.4) is 0 Å². The van der Waals surface area contributed by atoms with Crippen molar-refractivity contribution in [2.24, 2.45) is 0 Å². The van der Waals surface area contributed by atoms with Gasteiger partial charge in [-0.15, -0.1) is 0 Å². The zero-order valence-corrected chi connectivity index (χ0v) is 24.9. The lowest BCUT2D eigenvalue weighted by atomic mass is 9.94. The second kappa shape index (κ2) is 15.0. The first-order valence-electron chi connectivity index (χ1n) is 13.8. The van der Waals surface area contributed by atoms with E-state index in [1.54, 1.807) is 55.5 Å². The molecular formula is C32H36Cl2N2O5. The van der Waals surface area contributed by atoms with Gasteiger partial charge in [-0.05, 0) is 36.1 Å². The van der Waals surface area contributed by atoms with Crippen molar-refractivity contribution in [2.45, 2.75) is 57.2 Å². The highest BCUT2D eigenvalue weighted by Crippen LogP contribution is 2.28. The number of carbonyl (C=O) groups is 2. The van der Waals surface area contributed by atoms with Gasteiger partial charge in [0, 0.05) is 37.2 Å². The van der Waals surface area contributed by atoms with Crippen molar-refractivity contribution in [3.63, 3.8) is 0 Å². The summed E-state index contributed by atoms with van der Waals surface area (Å²) in [4.78, 5) is 29.4. The van der Waals surface area contributed by atoms with E-state index in [2.05, 4.69) is 5.32 Å². The van der Waals surface area contributed by atoms with E-state index in [4.69, 9.17) is 37.4 Å². The SMILES string of the molecule is COc1cc(OC)cc(OCC(=O)N(Cc2ccc(Cl)c(Cl)c2)[C@H](Cc2ccccc2)C(=O)NC2CCCCC2)c1. The van der Waals surface area contributed by atoms with Gasteiger partial charge < -0.3 is 24.4 Å². The molecule has 218 valence electrons. The number of amides is 2. The average molecular weight is 600 g/mol. The largest absolute Gasteiger partial charge is 0.496 e. The second-order valence-electron chi connectivity index (χ2n) is 10.2. The van der Waals surface area contributed by atoms with Crippen molar-refractivity contribution in [3.05, 3.63) is 87.9 Å². The van der Waals surface area contributed by atoms with Gasteiger partial charge in [-0.25, -0.2) is 0 Å². The topological polar surface area (TPSA) is 77.1 Å². The highest BCUT2D eigenvalue weighted by molar-refractivity contribution is 6.42. The maximum absolute atomic E-state index is 13.9. The Morgan fingerprint density at radius 1 is 0.854 bits per heavy atom. The van der Waals surface area contributed by atoms with Crippen LogP contribution >= 0.6 is 23.2 Å². The molecule has 0 unspecified atom stereocenters. The minimum absolute atomic E-state index is 0.0944. The fraction of sp³-hybridized carbons (Fsp3) is 0.375. The molecule has 3 aromatic rings. The lowest BCUT2D eigenvalue weighted by Crippen LogP contribution is -2.53. The lowest BCUT2D eigenvalue weighted by molar-refractivity contribution is -0.143. The molecule has 1 aliphatic carbocycles. The predicted octanol–water partition coefficient (Wildman–Crippen LogP) is 6.48. The molecule has 0 bridgehead atoms. The summed E-state index contributed by atoms with van der Waals surface area (Å²) in [5.74, 6) is 0.951. The lowest BCUT2D eigenvalue weighted by Gasteiger charge is -2.33. The fourth-order valence-electron chi connectivity index (χ4n) is 5.03. The molecule has 1 aliphatic rings. The van der Waals surface area contributed by atoms with Gasteiger partial charge >= 0.3 is 0 Å². The summed E-state index contributed by atoms with van der Waals surface area (Å²) in [6.07, 6.45) is 5.56. The van der Waals surface area contributed by atoms with E-state index in [1.165, 1.54) is 6.42 Å². The van der Waals surface area contributed by atoms with Crippen LogP contribution in [0.4, 0.5) is 0 Å². The highest BCUT2D eigenvalue weighted by Gasteiger charge is 2.32. The van der Waals surface area contributed by atoms with Gasteiger partial charge in [0.25, 0.3) is 5.91 Å². The molecule has 1 atom stereocenters. The van der Waals surface area contributed by atoms with Crippen molar-refractivity contribution in [2.75, 3.05) is 20.8 Å². The smallest absolute Gasteiger partial charge is 0.261 e. The van der Waals surface area contributed by atoms with Crippen LogP contribution in [0.25, 0.3) is 0 Å². The van der Waals surface area contributed by atoms with Crippen molar-refractivity contribution in [3.8, 4) is 17.2 Å². The molecule has 3 aromatic carbocycles. The minimum atomic E-state index is -0.773. The molecule has 9 heteroatoms. The molecule has 2 amide bonds. The summed E-state index contributed by atoms with van der Waals surface area (Å²) in [6, 6.07) is 19.3. The molecule has 0 spiro atoms. The molecule has 1 N–H and O–H groups in total. The Hall–Kier alpha value is -3.42. The summed E-state index contributed by atoms with van der Waals surface area (Å²) in [7, 11) is 3.09. The number of hydrogen-bond donors (Lipinski definition) is 1. The van der Waals surface area contributed by atoms with Crippen LogP contribution in [-0.4, -0.2) is 49.6 Å². The molecule has 0 aromatic heterocycles. The summed E-state index contributed by atoms with van der Waals surface area (Å²) in [5.41, 5.74) is 1.70. The van der Waals surface area contributed by atoms with Crippen LogP contribution in [0.1, 0.15) is 43.2 Å². The fourth-order valence-corrected chi connectivity index (χ4v) is 5.35. The second-order valence-corrected chi connectivity index (χ2v) is 11.0. The van der Waals surface area contributed by atoms with E-state index < -0.39 is 6.04 Å². The third-order valence-electron chi connectivity index (χ3n) is 7.25. The normalized spacial score (nSPS) is 14.1. The molecule has 0 aliphatic heterocycles. The first-order chi connectivity index (χ1) is 19.9. The van der Waals surface area contributed by atoms with Crippen LogP contribution < -0.4 is 19.5 Å². The average Bonchev–Trinajstić information content (AvgIpc) is 3.00. The molecule has 4 rings (SSSR count). The first-order valence-corrected chi connectivity index (χ1v) is 14.6. The molecule has 0 heterocycles. The number of methoxy groups -OCH3 is 2. The summed E-state index contributed by atoms with van der Waals surface area (Å²) < 4.78 is 16.6. The number of hydrogen-bond acceptors (Lipinski definition) is 5. The number of carbonyl (C=O) groups excluding carboxylic acids is 2. The first kappa shape index (κ1) is 30.5. The van der Waals surface area contributed by atoms with Crippen molar-refractivity contribution in [1.82, 2.24) is 10.2 Å². The van der Waals surface area contributed by atoms with Crippen LogP contribution in [0.15, 0.2) is 66.7 Å². The van der Waals surface area contributed by atoms with E-state index in [0.29, 0.717) is 33.7 Å². The number of rotatable bonds is 12. The molecule has 7 nitrogen and oxygen atoms in total. The van der Waals surface area contributed by atoms with Gasteiger partial charge in [-0.1, -0.05) is 78.9 Å². The number of ether oxygens (including phenoxy) is 3. The number of nitrogens with one attached hydrogen (secondary N) is 1. The monoisotopic (exact) mass is 598 g/mol. The Balaban J connectivity index is 1.64. The molecule has 1 saturated carbocycles. The zero-order chi connectivity index (χ0) is 29.2. The Morgan fingerprint density at radius 2 is 1.51 bits per heavy atom. The number of nitrogens with zero attached hydrogens (tertiary/aromatic N) is 1. The molecule has 41 heavy (non-hydrogen) atoms. The Bertz CT molecular complexity index is 1290. The number of halogens is 2.